The van der Waals surface area contributed by atoms with Crippen LogP contribution in [-0.2, 0) is 0 Å². The van der Waals surface area contributed by atoms with Crippen LogP contribution in [0.25, 0.3) is 27.5 Å². The lowest BCUT2D eigenvalue weighted by Crippen LogP contribution is -1.93. The second kappa shape index (κ2) is 7.04. The molecule has 25 heavy (non-hydrogen) atoms. The number of thiazole rings is 1. The lowest BCUT2D eigenvalue weighted by Gasteiger charge is -1.98. The highest BCUT2D eigenvalue weighted by molar-refractivity contribution is 7.98. The number of para-hydroxylation sites is 1. The second-order valence-electron chi connectivity index (χ2n) is 5.38. The summed E-state index contributed by atoms with van der Waals surface area (Å²) in [5.74, 6) is 0. The van der Waals surface area contributed by atoms with Gasteiger partial charge in [-0.1, -0.05) is 41.9 Å². The Labute approximate surface area is 159 Å². The minimum atomic E-state index is 0.730. The Morgan fingerprint density at radius 3 is 2.52 bits per heavy atom. The van der Waals surface area contributed by atoms with Gasteiger partial charge in [0.05, 0.1) is 16.9 Å². The third-order valence-corrected chi connectivity index (χ3v) is 5.58. The fraction of sp³-hybridized carbons (Fsp3) is 0.0526. The first-order valence-electron chi connectivity index (χ1n) is 7.65. The zero-order valence-corrected chi connectivity index (χ0v) is 15.8. The second-order valence-corrected chi connectivity index (χ2v) is 7.47. The van der Waals surface area contributed by atoms with Crippen LogP contribution in [-0.4, -0.2) is 21.0 Å². The summed E-state index contributed by atoms with van der Waals surface area (Å²) in [6.45, 7) is 0. The first-order chi connectivity index (χ1) is 12.2. The van der Waals surface area contributed by atoms with Gasteiger partial charge < -0.3 is 0 Å². The van der Waals surface area contributed by atoms with Crippen LogP contribution in [0.1, 0.15) is 0 Å². The molecule has 0 aliphatic rings. The molecule has 0 amide bonds. The van der Waals surface area contributed by atoms with Gasteiger partial charge in [-0.3, -0.25) is 0 Å². The van der Waals surface area contributed by atoms with Crippen molar-refractivity contribution in [2.45, 2.75) is 5.03 Å². The molecule has 0 fully saturated rings. The molecule has 4 rings (SSSR count). The van der Waals surface area contributed by atoms with Crippen LogP contribution in [0.5, 0.6) is 0 Å². The zero-order chi connectivity index (χ0) is 17.2. The molecule has 0 unspecified atom stereocenters. The van der Waals surface area contributed by atoms with Gasteiger partial charge in [0.1, 0.15) is 10.0 Å². The minimum absolute atomic E-state index is 0.730. The molecule has 0 saturated carbocycles. The van der Waals surface area contributed by atoms with Crippen molar-refractivity contribution >= 4 is 34.7 Å². The largest absolute Gasteiger partial charge is 0.239 e. The number of hydrogen-bond acceptors (Lipinski definition) is 4. The van der Waals surface area contributed by atoms with E-state index < -0.39 is 0 Å². The fourth-order valence-corrected chi connectivity index (χ4v) is 4.09. The highest BCUT2D eigenvalue weighted by Crippen LogP contribution is 2.34. The van der Waals surface area contributed by atoms with Crippen LogP contribution in [0.2, 0.25) is 5.02 Å². The van der Waals surface area contributed by atoms with Gasteiger partial charge in [0.2, 0.25) is 0 Å². The molecule has 0 spiro atoms. The van der Waals surface area contributed by atoms with Gasteiger partial charge in [-0.2, -0.15) is 5.10 Å². The Kier molecular flexibility index (Phi) is 4.61. The first kappa shape index (κ1) is 16.4. The maximum Gasteiger partial charge on any atom is 0.129 e. The quantitative estimate of drug-likeness (QED) is 0.402. The standard InChI is InChI=1S/C19H14ClN3S2/c1-24-19-16(11-23(22-19)15-5-3-2-4-6-15)18-21-17(12-25-18)13-7-9-14(20)10-8-13/h2-12H,1H3. The molecular weight excluding hydrogens is 370 g/mol. The van der Waals surface area contributed by atoms with E-state index in [1.807, 2.05) is 71.7 Å². The van der Waals surface area contributed by atoms with Crippen molar-refractivity contribution in [3.05, 3.63) is 71.2 Å². The van der Waals surface area contributed by atoms with E-state index in [0.717, 1.165) is 37.6 Å². The van der Waals surface area contributed by atoms with E-state index >= 15 is 0 Å². The Hall–Kier alpha value is -2.08. The van der Waals surface area contributed by atoms with Crippen LogP contribution in [0.15, 0.2) is 71.2 Å². The van der Waals surface area contributed by atoms with Crippen molar-refractivity contribution in [2.24, 2.45) is 0 Å². The molecule has 0 aliphatic heterocycles. The highest BCUT2D eigenvalue weighted by Gasteiger charge is 2.15. The summed E-state index contributed by atoms with van der Waals surface area (Å²) >= 11 is 9.23. The molecule has 0 atom stereocenters. The van der Waals surface area contributed by atoms with Gasteiger partial charge >= 0.3 is 0 Å². The van der Waals surface area contributed by atoms with Crippen LogP contribution >= 0.6 is 34.7 Å². The van der Waals surface area contributed by atoms with Crippen molar-refractivity contribution in [3.8, 4) is 27.5 Å². The molecule has 0 radical (unpaired) electrons. The topological polar surface area (TPSA) is 30.7 Å². The minimum Gasteiger partial charge on any atom is -0.239 e. The maximum absolute atomic E-state index is 5.97. The smallest absolute Gasteiger partial charge is 0.129 e. The van der Waals surface area contributed by atoms with E-state index in [0.29, 0.717) is 0 Å². The lowest BCUT2D eigenvalue weighted by molar-refractivity contribution is 0.838. The Morgan fingerprint density at radius 1 is 1.04 bits per heavy atom. The Balaban J connectivity index is 1.72. The van der Waals surface area contributed by atoms with E-state index in [4.69, 9.17) is 21.7 Å². The van der Waals surface area contributed by atoms with E-state index in [-0.39, 0.29) is 0 Å². The van der Waals surface area contributed by atoms with Gasteiger partial charge in [0.15, 0.2) is 0 Å². The van der Waals surface area contributed by atoms with Crippen molar-refractivity contribution in [1.82, 2.24) is 14.8 Å². The van der Waals surface area contributed by atoms with Crippen LogP contribution in [0.4, 0.5) is 0 Å². The van der Waals surface area contributed by atoms with Crippen molar-refractivity contribution in [3.63, 3.8) is 0 Å². The predicted octanol–water partition coefficient (Wildman–Crippen LogP) is 6.04. The van der Waals surface area contributed by atoms with Crippen molar-refractivity contribution in [1.29, 1.82) is 0 Å². The molecule has 0 aliphatic carbocycles. The van der Waals surface area contributed by atoms with E-state index in [2.05, 4.69) is 5.38 Å². The molecule has 2 heterocycles. The average Bonchev–Trinajstić information content (AvgIpc) is 3.30. The summed E-state index contributed by atoms with van der Waals surface area (Å²) in [6, 6.07) is 17.9. The molecule has 2 aromatic heterocycles. The molecule has 0 saturated heterocycles. The third-order valence-electron chi connectivity index (χ3n) is 3.77. The summed E-state index contributed by atoms with van der Waals surface area (Å²) in [4.78, 5) is 4.80. The summed E-state index contributed by atoms with van der Waals surface area (Å²) in [5.41, 5.74) is 4.12. The number of halogens is 1. The van der Waals surface area contributed by atoms with Gasteiger partial charge in [-0.15, -0.1) is 23.1 Å². The van der Waals surface area contributed by atoms with Gasteiger partial charge in [-0.05, 0) is 30.5 Å². The molecule has 4 aromatic rings. The number of aromatic nitrogens is 3. The maximum atomic E-state index is 5.97. The summed E-state index contributed by atoms with van der Waals surface area (Å²) in [6.07, 6.45) is 4.08. The number of benzene rings is 2. The summed E-state index contributed by atoms with van der Waals surface area (Å²) < 4.78 is 1.91. The molecule has 3 nitrogen and oxygen atoms in total. The van der Waals surface area contributed by atoms with Crippen LogP contribution in [0, 0.1) is 0 Å². The number of rotatable bonds is 4. The van der Waals surface area contributed by atoms with Gasteiger partial charge in [-0.25, -0.2) is 9.67 Å². The third kappa shape index (κ3) is 3.35. The molecule has 0 bridgehead atoms. The average molecular weight is 384 g/mol. The monoisotopic (exact) mass is 383 g/mol. The van der Waals surface area contributed by atoms with Crippen molar-refractivity contribution in [2.75, 3.05) is 6.26 Å². The Morgan fingerprint density at radius 2 is 1.80 bits per heavy atom. The number of hydrogen-bond donors (Lipinski definition) is 0. The molecule has 6 heteroatoms. The van der Waals surface area contributed by atoms with E-state index in [9.17, 15) is 0 Å². The van der Waals surface area contributed by atoms with Gasteiger partial charge in [0, 0.05) is 22.2 Å². The predicted molar refractivity (Wildman–Crippen MR) is 107 cm³/mol. The molecular formula is C19H14ClN3S2. The van der Waals surface area contributed by atoms with Gasteiger partial charge in [0.25, 0.3) is 0 Å². The summed E-state index contributed by atoms with van der Waals surface area (Å²) in [5, 5.41) is 9.44. The summed E-state index contributed by atoms with van der Waals surface area (Å²) in [7, 11) is 0. The number of nitrogens with zero attached hydrogens (tertiary/aromatic N) is 3. The van der Waals surface area contributed by atoms with Crippen molar-refractivity contribution < 1.29 is 0 Å². The van der Waals surface area contributed by atoms with Crippen LogP contribution < -0.4 is 0 Å². The zero-order valence-electron chi connectivity index (χ0n) is 13.4. The fourth-order valence-electron chi connectivity index (χ4n) is 2.52. The molecule has 2 aromatic carbocycles. The van der Waals surface area contributed by atoms with E-state index in [1.165, 1.54) is 0 Å². The number of thioether (sulfide) groups is 1. The SMILES string of the molecule is CSc1nn(-c2ccccc2)cc1-c1nc(-c2ccc(Cl)cc2)cs1. The van der Waals surface area contributed by atoms with E-state index in [1.54, 1.807) is 23.1 Å². The first-order valence-corrected chi connectivity index (χ1v) is 10.1. The normalized spacial score (nSPS) is 11.0. The highest BCUT2D eigenvalue weighted by atomic mass is 35.5. The molecule has 0 N–H and O–H groups in total. The molecule has 124 valence electrons. The van der Waals surface area contributed by atoms with Crippen LogP contribution in [0.3, 0.4) is 0 Å². The lowest BCUT2D eigenvalue weighted by atomic mass is 10.2. The Bertz CT molecular complexity index is 991.